The number of rotatable bonds is 4. The number of hydrogen-bond acceptors (Lipinski definition) is 8. The number of aromatic nitrogens is 5. The zero-order valence-corrected chi connectivity index (χ0v) is 16.3. The molecule has 0 aliphatic carbocycles. The summed E-state index contributed by atoms with van der Waals surface area (Å²) in [5.41, 5.74) is 9.85. The predicted molar refractivity (Wildman–Crippen MR) is 113 cm³/mol. The first-order chi connectivity index (χ1) is 14.7. The van der Waals surface area contributed by atoms with Crippen molar-refractivity contribution in [3.8, 4) is 5.82 Å². The number of nitrogen functional groups attached to an aromatic ring is 1. The molecule has 0 bridgehead atoms. The molecule has 30 heavy (non-hydrogen) atoms. The lowest BCUT2D eigenvalue weighted by molar-refractivity contribution is 0.282. The van der Waals surface area contributed by atoms with Crippen molar-refractivity contribution in [2.75, 3.05) is 22.6 Å². The number of aliphatic hydroxyl groups excluding tert-OH is 1. The average Bonchev–Trinajstić information content (AvgIpc) is 3.41. The molecule has 9 nitrogen and oxygen atoms in total. The molecule has 0 saturated carbocycles. The van der Waals surface area contributed by atoms with Gasteiger partial charge in [0.1, 0.15) is 24.6 Å². The lowest BCUT2D eigenvalue weighted by atomic mass is 10.1. The Morgan fingerprint density at radius 3 is 2.63 bits per heavy atom. The van der Waals surface area contributed by atoms with Crippen LogP contribution in [0, 0.1) is 0 Å². The molecule has 4 heterocycles. The molecular weight excluding hydrogens is 380 g/mol. The third-order valence-electron chi connectivity index (χ3n) is 5.26. The van der Waals surface area contributed by atoms with Crippen molar-refractivity contribution in [3.05, 3.63) is 78.5 Å². The highest BCUT2D eigenvalue weighted by Gasteiger charge is 2.38. The van der Waals surface area contributed by atoms with E-state index in [1.807, 2.05) is 55.6 Å². The first-order valence-electron chi connectivity index (χ1n) is 9.45. The van der Waals surface area contributed by atoms with Gasteiger partial charge in [0.2, 0.25) is 0 Å². The van der Waals surface area contributed by atoms with Gasteiger partial charge in [-0.1, -0.05) is 12.1 Å². The van der Waals surface area contributed by atoms with Crippen LogP contribution in [0.25, 0.3) is 5.82 Å². The summed E-state index contributed by atoms with van der Waals surface area (Å²) in [5, 5.41) is 13.6. The SMILES string of the molecule is CN1c2ccc(-n3cncn3)nc2N(c2ccc(CO)cc2)C1c1cccnc1N. The minimum atomic E-state index is -0.229. The van der Waals surface area contributed by atoms with Gasteiger partial charge in [-0.3, -0.25) is 4.90 Å². The van der Waals surface area contributed by atoms with Crippen LogP contribution in [0.15, 0.2) is 67.4 Å². The van der Waals surface area contributed by atoms with E-state index in [0.29, 0.717) is 11.6 Å². The molecule has 1 aromatic carbocycles. The van der Waals surface area contributed by atoms with Gasteiger partial charge in [0.15, 0.2) is 11.6 Å². The summed E-state index contributed by atoms with van der Waals surface area (Å²) >= 11 is 0. The third kappa shape index (κ3) is 2.83. The third-order valence-corrected chi connectivity index (χ3v) is 5.26. The lowest BCUT2D eigenvalue weighted by Gasteiger charge is -2.31. The molecule has 1 atom stereocenters. The maximum atomic E-state index is 9.43. The van der Waals surface area contributed by atoms with Crippen LogP contribution in [-0.4, -0.2) is 36.9 Å². The fourth-order valence-electron chi connectivity index (χ4n) is 3.78. The number of aliphatic hydroxyl groups is 1. The molecule has 1 aliphatic heterocycles. The summed E-state index contributed by atoms with van der Waals surface area (Å²) < 4.78 is 1.62. The Bertz CT molecular complexity index is 1180. The quantitative estimate of drug-likeness (QED) is 0.538. The van der Waals surface area contributed by atoms with Crippen molar-refractivity contribution in [1.82, 2.24) is 24.7 Å². The van der Waals surface area contributed by atoms with Gasteiger partial charge >= 0.3 is 0 Å². The normalized spacial score (nSPS) is 15.5. The fourth-order valence-corrected chi connectivity index (χ4v) is 3.78. The summed E-state index contributed by atoms with van der Waals surface area (Å²) in [6.07, 6.45) is 4.55. The lowest BCUT2D eigenvalue weighted by Crippen LogP contribution is -2.31. The summed E-state index contributed by atoms with van der Waals surface area (Å²) in [5.74, 6) is 1.91. The molecular formula is C21H20N8O. The predicted octanol–water partition coefficient (Wildman–Crippen LogP) is 2.42. The number of anilines is 4. The van der Waals surface area contributed by atoms with E-state index in [4.69, 9.17) is 10.7 Å². The summed E-state index contributed by atoms with van der Waals surface area (Å²) in [4.78, 5) is 17.4. The Kier molecular flexibility index (Phi) is 4.29. The van der Waals surface area contributed by atoms with Crippen LogP contribution < -0.4 is 15.5 Å². The van der Waals surface area contributed by atoms with Gasteiger partial charge in [-0.2, -0.15) is 5.10 Å². The highest BCUT2D eigenvalue weighted by atomic mass is 16.3. The van der Waals surface area contributed by atoms with E-state index in [0.717, 1.165) is 28.3 Å². The molecule has 0 spiro atoms. The molecule has 5 rings (SSSR count). The molecule has 0 fully saturated rings. The van der Waals surface area contributed by atoms with Gasteiger partial charge in [-0.25, -0.2) is 19.6 Å². The van der Waals surface area contributed by atoms with E-state index in [2.05, 4.69) is 24.9 Å². The number of nitrogens with zero attached hydrogens (tertiary/aromatic N) is 7. The maximum Gasteiger partial charge on any atom is 0.161 e. The molecule has 1 aliphatic rings. The van der Waals surface area contributed by atoms with E-state index >= 15 is 0 Å². The number of pyridine rings is 2. The van der Waals surface area contributed by atoms with Gasteiger partial charge in [-0.15, -0.1) is 0 Å². The molecule has 4 aromatic rings. The van der Waals surface area contributed by atoms with Crippen LogP contribution in [-0.2, 0) is 6.61 Å². The highest BCUT2D eigenvalue weighted by molar-refractivity contribution is 5.82. The maximum absolute atomic E-state index is 9.43. The van der Waals surface area contributed by atoms with Crippen LogP contribution >= 0.6 is 0 Å². The second-order valence-corrected chi connectivity index (χ2v) is 7.01. The topological polar surface area (TPSA) is 109 Å². The van der Waals surface area contributed by atoms with Crippen molar-refractivity contribution in [2.45, 2.75) is 12.8 Å². The largest absolute Gasteiger partial charge is 0.392 e. The second-order valence-electron chi connectivity index (χ2n) is 7.01. The van der Waals surface area contributed by atoms with Crippen molar-refractivity contribution in [1.29, 1.82) is 0 Å². The minimum absolute atomic E-state index is 0.00948. The number of hydrogen-bond donors (Lipinski definition) is 2. The zero-order valence-electron chi connectivity index (χ0n) is 16.3. The molecule has 0 radical (unpaired) electrons. The smallest absolute Gasteiger partial charge is 0.161 e. The molecule has 9 heteroatoms. The van der Waals surface area contributed by atoms with E-state index in [9.17, 15) is 5.11 Å². The second kappa shape index (κ2) is 7.12. The molecule has 0 saturated heterocycles. The van der Waals surface area contributed by atoms with Gasteiger partial charge in [0, 0.05) is 24.5 Å². The van der Waals surface area contributed by atoms with Crippen LogP contribution in [0.1, 0.15) is 17.3 Å². The van der Waals surface area contributed by atoms with E-state index in [1.54, 1.807) is 17.2 Å². The summed E-state index contributed by atoms with van der Waals surface area (Å²) in [7, 11) is 2.01. The van der Waals surface area contributed by atoms with Crippen LogP contribution in [0.5, 0.6) is 0 Å². The number of nitrogens with two attached hydrogens (primary N) is 1. The number of fused-ring (bicyclic) bond motifs is 1. The molecule has 0 amide bonds. The van der Waals surface area contributed by atoms with E-state index < -0.39 is 0 Å². The molecule has 1 unspecified atom stereocenters. The first kappa shape index (κ1) is 18.1. The van der Waals surface area contributed by atoms with Crippen molar-refractivity contribution < 1.29 is 5.11 Å². The Hall–Kier alpha value is -3.98. The molecule has 3 N–H and O–H groups in total. The minimum Gasteiger partial charge on any atom is -0.392 e. The standard InChI is InChI=1S/C21H20N8O/c1-27-17-8-9-18(28-13-23-12-25-28)26-20(17)29(15-6-4-14(11-30)5-7-15)21(27)16-3-2-10-24-19(16)22/h2-10,12-13,21,30H,11H2,1H3,(H2,22,24). The molecule has 3 aromatic heterocycles. The van der Waals surface area contributed by atoms with Crippen LogP contribution in [0.3, 0.4) is 0 Å². The Morgan fingerprint density at radius 1 is 1.10 bits per heavy atom. The highest BCUT2D eigenvalue weighted by Crippen LogP contribution is 2.49. The number of benzene rings is 1. The first-order valence-corrected chi connectivity index (χ1v) is 9.45. The Balaban J connectivity index is 1.69. The monoisotopic (exact) mass is 400 g/mol. The van der Waals surface area contributed by atoms with E-state index in [-0.39, 0.29) is 12.8 Å². The van der Waals surface area contributed by atoms with Gasteiger partial charge in [0.05, 0.1) is 12.3 Å². The van der Waals surface area contributed by atoms with Crippen LogP contribution in [0.2, 0.25) is 0 Å². The molecule has 150 valence electrons. The Morgan fingerprint density at radius 2 is 1.93 bits per heavy atom. The summed E-state index contributed by atoms with van der Waals surface area (Å²) in [6.45, 7) is -0.00948. The van der Waals surface area contributed by atoms with Crippen molar-refractivity contribution in [3.63, 3.8) is 0 Å². The van der Waals surface area contributed by atoms with Gasteiger partial charge in [-0.05, 0) is 42.0 Å². The van der Waals surface area contributed by atoms with Crippen molar-refractivity contribution >= 4 is 23.0 Å². The fraction of sp³-hybridized carbons (Fsp3) is 0.143. The van der Waals surface area contributed by atoms with E-state index in [1.165, 1.54) is 6.33 Å². The van der Waals surface area contributed by atoms with Crippen molar-refractivity contribution in [2.24, 2.45) is 0 Å². The van der Waals surface area contributed by atoms with Gasteiger partial charge < -0.3 is 15.7 Å². The van der Waals surface area contributed by atoms with Gasteiger partial charge in [0.25, 0.3) is 0 Å². The average molecular weight is 400 g/mol. The Labute approximate surface area is 173 Å². The van der Waals surface area contributed by atoms with Crippen LogP contribution in [0.4, 0.5) is 23.0 Å². The zero-order chi connectivity index (χ0) is 20.7. The summed E-state index contributed by atoms with van der Waals surface area (Å²) in [6, 6.07) is 15.5.